The molecule has 1 saturated heterocycles. The Morgan fingerprint density at radius 1 is 1.19 bits per heavy atom. The zero-order valence-electron chi connectivity index (χ0n) is 13.6. The Morgan fingerprint density at radius 3 is 2.48 bits per heavy atom. The smallest absolute Gasteiger partial charge is 0.125 e. The lowest BCUT2D eigenvalue weighted by atomic mass is 9.99. The highest BCUT2D eigenvalue weighted by Gasteiger charge is 2.26. The minimum atomic E-state index is -0.531. The summed E-state index contributed by atoms with van der Waals surface area (Å²) in [4.78, 5) is 2.34. The van der Waals surface area contributed by atoms with E-state index in [0.717, 1.165) is 43.1 Å². The van der Waals surface area contributed by atoms with E-state index in [4.69, 9.17) is 4.74 Å². The SMILES string of the molecule is Cc1ccc(OC(C)C)c(C(O)C(C)N2CCNCC2)c1. The Labute approximate surface area is 128 Å². The summed E-state index contributed by atoms with van der Waals surface area (Å²) in [6.07, 6.45) is -0.426. The third-order valence-corrected chi connectivity index (χ3v) is 4.03. The number of rotatable bonds is 5. The second kappa shape index (κ2) is 7.25. The van der Waals surface area contributed by atoms with Crippen molar-refractivity contribution in [1.82, 2.24) is 10.2 Å². The summed E-state index contributed by atoms with van der Waals surface area (Å²) in [5.41, 5.74) is 2.04. The van der Waals surface area contributed by atoms with Crippen molar-refractivity contribution in [3.8, 4) is 5.75 Å². The van der Waals surface area contributed by atoms with E-state index >= 15 is 0 Å². The fourth-order valence-corrected chi connectivity index (χ4v) is 2.81. The maximum Gasteiger partial charge on any atom is 0.125 e. The highest BCUT2D eigenvalue weighted by atomic mass is 16.5. The van der Waals surface area contributed by atoms with Crippen molar-refractivity contribution < 1.29 is 9.84 Å². The number of aryl methyl sites for hydroxylation is 1. The Morgan fingerprint density at radius 2 is 1.86 bits per heavy atom. The minimum absolute atomic E-state index is 0.0865. The average molecular weight is 292 g/mol. The van der Waals surface area contributed by atoms with Gasteiger partial charge in [-0.1, -0.05) is 11.6 Å². The monoisotopic (exact) mass is 292 g/mol. The molecule has 1 aliphatic heterocycles. The van der Waals surface area contributed by atoms with Gasteiger partial charge < -0.3 is 15.2 Å². The van der Waals surface area contributed by atoms with Crippen molar-refractivity contribution in [2.24, 2.45) is 0 Å². The van der Waals surface area contributed by atoms with E-state index < -0.39 is 6.10 Å². The van der Waals surface area contributed by atoms with Gasteiger partial charge >= 0.3 is 0 Å². The van der Waals surface area contributed by atoms with Gasteiger partial charge in [-0.3, -0.25) is 4.90 Å². The molecule has 2 N–H and O–H groups in total. The lowest BCUT2D eigenvalue weighted by Gasteiger charge is -2.36. The summed E-state index contributed by atoms with van der Waals surface area (Å²) in [6, 6.07) is 6.13. The van der Waals surface area contributed by atoms with Gasteiger partial charge in [-0.25, -0.2) is 0 Å². The lowest BCUT2D eigenvalue weighted by Crippen LogP contribution is -2.49. The number of benzene rings is 1. The van der Waals surface area contributed by atoms with Gasteiger partial charge in [-0.15, -0.1) is 0 Å². The van der Waals surface area contributed by atoms with Crippen LogP contribution in [0.1, 0.15) is 38.0 Å². The van der Waals surface area contributed by atoms with Crippen molar-refractivity contribution in [1.29, 1.82) is 0 Å². The molecule has 4 heteroatoms. The first-order valence-corrected chi connectivity index (χ1v) is 7.89. The van der Waals surface area contributed by atoms with Gasteiger partial charge in [0.05, 0.1) is 12.2 Å². The lowest BCUT2D eigenvalue weighted by molar-refractivity contribution is 0.0483. The number of aliphatic hydroxyl groups is 1. The standard InChI is InChI=1S/C17H28N2O2/c1-12(2)21-16-6-5-13(3)11-15(16)17(20)14(4)19-9-7-18-8-10-19/h5-6,11-12,14,17-18,20H,7-10H2,1-4H3. The molecule has 1 heterocycles. The van der Waals surface area contributed by atoms with Crippen molar-refractivity contribution in [3.05, 3.63) is 29.3 Å². The van der Waals surface area contributed by atoms with Crippen LogP contribution in [-0.2, 0) is 0 Å². The molecule has 0 aliphatic carbocycles. The van der Waals surface area contributed by atoms with Crippen molar-refractivity contribution in [2.45, 2.75) is 45.9 Å². The van der Waals surface area contributed by atoms with Gasteiger partial charge in [-0.2, -0.15) is 0 Å². The quantitative estimate of drug-likeness (QED) is 0.872. The Bertz CT molecular complexity index is 456. The molecule has 0 spiro atoms. The molecule has 2 unspecified atom stereocenters. The molecule has 0 bridgehead atoms. The van der Waals surface area contributed by atoms with Crippen LogP contribution in [-0.4, -0.2) is 48.3 Å². The average Bonchev–Trinajstić information content (AvgIpc) is 2.48. The largest absolute Gasteiger partial charge is 0.491 e. The van der Waals surface area contributed by atoms with Crippen molar-refractivity contribution in [3.63, 3.8) is 0 Å². The summed E-state index contributed by atoms with van der Waals surface area (Å²) >= 11 is 0. The van der Waals surface area contributed by atoms with Crippen LogP contribution in [0.5, 0.6) is 5.75 Å². The van der Waals surface area contributed by atoms with E-state index in [2.05, 4.69) is 17.1 Å². The van der Waals surface area contributed by atoms with Crippen LogP contribution in [0.25, 0.3) is 0 Å². The highest BCUT2D eigenvalue weighted by molar-refractivity contribution is 5.39. The van der Waals surface area contributed by atoms with Gasteiger partial charge in [0, 0.05) is 37.8 Å². The zero-order valence-corrected chi connectivity index (χ0v) is 13.6. The maximum absolute atomic E-state index is 10.8. The maximum atomic E-state index is 10.8. The minimum Gasteiger partial charge on any atom is -0.491 e. The van der Waals surface area contributed by atoms with E-state index in [1.54, 1.807) is 0 Å². The van der Waals surface area contributed by atoms with Gasteiger partial charge in [0.2, 0.25) is 0 Å². The fourth-order valence-electron chi connectivity index (χ4n) is 2.81. The number of nitrogens with one attached hydrogen (secondary N) is 1. The van der Waals surface area contributed by atoms with Crippen LogP contribution in [0, 0.1) is 6.92 Å². The first kappa shape index (κ1) is 16.3. The van der Waals surface area contributed by atoms with E-state index in [0.29, 0.717) is 0 Å². The molecule has 1 aliphatic rings. The molecule has 0 aromatic heterocycles. The zero-order chi connectivity index (χ0) is 15.4. The summed E-state index contributed by atoms with van der Waals surface area (Å²) in [5, 5.41) is 14.2. The van der Waals surface area contributed by atoms with E-state index in [1.165, 1.54) is 0 Å². The van der Waals surface area contributed by atoms with Crippen LogP contribution in [0.15, 0.2) is 18.2 Å². The molecular weight excluding hydrogens is 264 g/mol. The summed E-state index contributed by atoms with van der Waals surface area (Å²) in [6.45, 7) is 12.1. The van der Waals surface area contributed by atoms with E-state index in [1.807, 2.05) is 39.0 Å². The van der Waals surface area contributed by atoms with Crippen LogP contribution < -0.4 is 10.1 Å². The normalized spacial score (nSPS) is 19.5. The van der Waals surface area contributed by atoms with Crippen molar-refractivity contribution >= 4 is 0 Å². The molecule has 0 radical (unpaired) electrons. The Balaban J connectivity index is 2.19. The van der Waals surface area contributed by atoms with Crippen LogP contribution in [0.2, 0.25) is 0 Å². The molecule has 21 heavy (non-hydrogen) atoms. The molecule has 0 amide bonds. The van der Waals surface area contributed by atoms with E-state index in [-0.39, 0.29) is 12.1 Å². The molecule has 118 valence electrons. The second-order valence-corrected chi connectivity index (χ2v) is 6.18. The topological polar surface area (TPSA) is 44.7 Å². The van der Waals surface area contributed by atoms with E-state index in [9.17, 15) is 5.11 Å². The van der Waals surface area contributed by atoms with Gasteiger partial charge in [0.15, 0.2) is 0 Å². The molecule has 1 aromatic carbocycles. The number of aliphatic hydroxyl groups excluding tert-OH is 1. The summed E-state index contributed by atoms with van der Waals surface area (Å²) < 4.78 is 5.87. The fraction of sp³-hybridized carbons (Fsp3) is 0.647. The van der Waals surface area contributed by atoms with Gasteiger partial charge in [-0.05, 0) is 39.8 Å². The molecule has 0 saturated carbocycles. The molecular formula is C17H28N2O2. The van der Waals surface area contributed by atoms with Gasteiger partial charge in [0.25, 0.3) is 0 Å². The molecule has 1 fully saturated rings. The molecule has 4 nitrogen and oxygen atoms in total. The number of hydrogen-bond acceptors (Lipinski definition) is 4. The second-order valence-electron chi connectivity index (χ2n) is 6.18. The van der Waals surface area contributed by atoms with Gasteiger partial charge in [0.1, 0.15) is 5.75 Å². The molecule has 2 rings (SSSR count). The highest BCUT2D eigenvalue weighted by Crippen LogP contribution is 2.31. The number of nitrogens with zero attached hydrogens (tertiary/aromatic N) is 1. The van der Waals surface area contributed by atoms with Crippen LogP contribution in [0.3, 0.4) is 0 Å². The molecule has 1 aromatic rings. The Hall–Kier alpha value is -1.10. The first-order valence-electron chi connectivity index (χ1n) is 7.89. The number of hydrogen-bond donors (Lipinski definition) is 2. The Kier molecular flexibility index (Phi) is 5.62. The summed E-state index contributed by atoms with van der Waals surface area (Å²) in [7, 11) is 0. The molecule has 2 atom stereocenters. The number of ether oxygens (including phenoxy) is 1. The third-order valence-electron chi connectivity index (χ3n) is 4.03. The predicted octanol–water partition coefficient (Wildman–Crippen LogP) is 2.11. The van der Waals surface area contributed by atoms with Crippen LogP contribution >= 0.6 is 0 Å². The van der Waals surface area contributed by atoms with Crippen molar-refractivity contribution in [2.75, 3.05) is 26.2 Å². The number of piperazine rings is 1. The van der Waals surface area contributed by atoms with Crippen LogP contribution in [0.4, 0.5) is 0 Å². The predicted molar refractivity (Wildman–Crippen MR) is 85.8 cm³/mol. The first-order chi connectivity index (χ1) is 9.99. The summed E-state index contributed by atoms with van der Waals surface area (Å²) in [5.74, 6) is 0.796. The third kappa shape index (κ3) is 4.19.